The van der Waals surface area contributed by atoms with Crippen molar-refractivity contribution in [3.63, 3.8) is 0 Å². The minimum absolute atomic E-state index is 0.529. The van der Waals surface area contributed by atoms with Gasteiger partial charge in [0.2, 0.25) is 0 Å². The van der Waals surface area contributed by atoms with Gasteiger partial charge in [0.15, 0.2) is 0 Å². The third kappa shape index (κ3) is 3.20. The van der Waals surface area contributed by atoms with Crippen LogP contribution in [0.5, 0.6) is 0 Å². The van der Waals surface area contributed by atoms with Gasteiger partial charge < -0.3 is 10.3 Å². The summed E-state index contributed by atoms with van der Waals surface area (Å²) in [5.74, 6) is 1.84. The van der Waals surface area contributed by atoms with E-state index < -0.39 is 0 Å². The van der Waals surface area contributed by atoms with Gasteiger partial charge in [-0.2, -0.15) is 0 Å². The lowest BCUT2D eigenvalue weighted by molar-refractivity contribution is 0.811. The summed E-state index contributed by atoms with van der Waals surface area (Å²) in [7, 11) is 0. The first-order chi connectivity index (χ1) is 8.81. The molecule has 0 saturated heterocycles. The average Bonchev–Trinajstić information content (AvgIpc) is 2.88. The predicted octanol–water partition coefficient (Wildman–Crippen LogP) is 2.46. The minimum Gasteiger partial charge on any atom is -0.370 e. The number of rotatable bonds is 6. The van der Waals surface area contributed by atoms with Crippen LogP contribution in [0.3, 0.4) is 0 Å². The van der Waals surface area contributed by atoms with Crippen LogP contribution in [0.2, 0.25) is 5.15 Å². The zero-order valence-electron chi connectivity index (χ0n) is 10.3. The first kappa shape index (κ1) is 12.8. The Labute approximate surface area is 111 Å². The molecule has 2 heterocycles. The van der Waals surface area contributed by atoms with Gasteiger partial charge >= 0.3 is 0 Å². The van der Waals surface area contributed by atoms with Crippen LogP contribution in [0.15, 0.2) is 18.7 Å². The van der Waals surface area contributed by atoms with E-state index >= 15 is 0 Å². The summed E-state index contributed by atoms with van der Waals surface area (Å²) in [5, 5.41) is 3.82. The molecule has 5 nitrogen and oxygen atoms in total. The molecule has 0 saturated carbocycles. The zero-order valence-corrected chi connectivity index (χ0v) is 11.0. The van der Waals surface area contributed by atoms with Gasteiger partial charge in [-0.05, 0) is 12.8 Å². The Balaban J connectivity index is 1.85. The standard InChI is InChI=1S/C12H16ClN5/c1-2-9-11(13)17-8-18-12(9)16-5-3-4-10-14-6-7-15-10/h6-8H,2-5H2,1H3,(H,14,15)(H,16,17,18). The van der Waals surface area contributed by atoms with E-state index in [0.29, 0.717) is 5.15 Å². The monoisotopic (exact) mass is 265 g/mol. The molecule has 96 valence electrons. The van der Waals surface area contributed by atoms with E-state index in [-0.39, 0.29) is 0 Å². The predicted molar refractivity (Wildman–Crippen MR) is 71.8 cm³/mol. The maximum absolute atomic E-state index is 6.02. The number of aromatic nitrogens is 4. The van der Waals surface area contributed by atoms with Crippen LogP contribution in [0.25, 0.3) is 0 Å². The van der Waals surface area contributed by atoms with E-state index in [9.17, 15) is 0 Å². The fourth-order valence-corrected chi connectivity index (χ4v) is 2.02. The van der Waals surface area contributed by atoms with Crippen molar-refractivity contribution in [2.24, 2.45) is 0 Å². The number of hydrogen-bond donors (Lipinski definition) is 2. The van der Waals surface area contributed by atoms with Gasteiger partial charge in [-0.15, -0.1) is 0 Å². The van der Waals surface area contributed by atoms with Crippen molar-refractivity contribution in [1.82, 2.24) is 19.9 Å². The normalized spacial score (nSPS) is 10.6. The van der Waals surface area contributed by atoms with Crippen molar-refractivity contribution < 1.29 is 0 Å². The Bertz CT molecular complexity index is 483. The van der Waals surface area contributed by atoms with E-state index in [1.807, 2.05) is 13.1 Å². The Morgan fingerprint density at radius 3 is 2.94 bits per heavy atom. The maximum atomic E-state index is 6.02. The van der Waals surface area contributed by atoms with Gasteiger partial charge in [0.1, 0.15) is 23.1 Å². The lowest BCUT2D eigenvalue weighted by Crippen LogP contribution is -2.08. The summed E-state index contributed by atoms with van der Waals surface area (Å²) in [6, 6.07) is 0. The molecule has 6 heteroatoms. The number of nitrogens with one attached hydrogen (secondary N) is 2. The molecular formula is C12H16ClN5. The number of imidazole rings is 1. The molecule has 2 aromatic heterocycles. The molecule has 0 amide bonds. The van der Waals surface area contributed by atoms with Crippen LogP contribution in [0.4, 0.5) is 5.82 Å². The summed E-state index contributed by atoms with van der Waals surface area (Å²) >= 11 is 6.02. The summed E-state index contributed by atoms with van der Waals surface area (Å²) in [4.78, 5) is 15.5. The Morgan fingerprint density at radius 1 is 1.33 bits per heavy atom. The summed E-state index contributed by atoms with van der Waals surface area (Å²) in [6.45, 7) is 2.87. The number of nitrogens with zero attached hydrogens (tertiary/aromatic N) is 3. The van der Waals surface area contributed by atoms with Gasteiger partial charge in [0, 0.05) is 30.9 Å². The van der Waals surface area contributed by atoms with Crippen LogP contribution in [-0.2, 0) is 12.8 Å². The highest BCUT2D eigenvalue weighted by Gasteiger charge is 2.07. The van der Waals surface area contributed by atoms with Crippen LogP contribution < -0.4 is 5.32 Å². The Kier molecular flexibility index (Phi) is 4.52. The second kappa shape index (κ2) is 6.35. The summed E-state index contributed by atoms with van der Waals surface area (Å²) in [6.07, 6.45) is 7.80. The average molecular weight is 266 g/mol. The minimum atomic E-state index is 0.529. The molecule has 0 atom stereocenters. The van der Waals surface area contributed by atoms with Crippen molar-refractivity contribution in [1.29, 1.82) is 0 Å². The Hall–Kier alpha value is -1.62. The molecule has 0 radical (unpaired) electrons. The third-order valence-electron chi connectivity index (χ3n) is 2.68. The highest BCUT2D eigenvalue weighted by Crippen LogP contribution is 2.19. The molecule has 2 N–H and O–H groups in total. The van der Waals surface area contributed by atoms with Crippen molar-refractivity contribution in [3.8, 4) is 0 Å². The second-order valence-electron chi connectivity index (χ2n) is 3.91. The van der Waals surface area contributed by atoms with Crippen molar-refractivity contribution in [3.05, 3.63) is 35.3 Å². The van der Waals surface area contributed by atoms with Gasteiger partial charge in [-0.3, -0.25) is 0 Å². The smallest absolute Gasteiger partial charge is 0.137 e. The SMILES string of the molecule is CCc1c(Cl)ncnc1NCCCc1ncc[nH]1. The van der Waals surface area contributed by atoms with E-state index in [1.165, 1.54) is 6.33 Å². The largest absolute Gasteiger partial charge is 0.370 e. The Morgan fingerprint density at radius 2 is 2.22 bits per heavy atom. The van der Waals surface area contributed by atoms with Gasteiger partial charge in [-0.25, -0.2) is 15.0 Å². The number of H-pyrrole nitrogens is 1. The van der Waals surface area contributed by atoms with Crippen molar-refractivity contribution >= 4 is 17.4 Å². The zero-order chi connectivity index (χ0) is 12.8. The van der Waals surface area contributed by atoms with Crippen LogP contribution >= 0.6 is 11.6 Å². The van der Waals surface area contributed by atoms with Gasteiger partial charge in [0.25, 0.3) is 0 Å². The number of aromatic amines is 1. The topological polar surface area (TPSA) is 66.5 Å². The van der Waals surface area contributed by atoms with Crippen LogP contribution in [0, 0.1) is 0 Å². The van der Waals surface area contributed by atoms with Crippen molar-refractivity contribution in [2.45, 2.75) is 26.2 Å². The lowest BCUT2D eigenvalue weighted by Gasteiger charge is -2.09. The van der Waals surface area contributed by atoms with E-state index in [1.54, 1.807) is 6.20 Å². The molecule has 0 unspecified atom stereocenters. The molecule has 0 aliphatic heterocycles. The number of hydrogen-bond acceptors (Lipinski definition) is 4. The third-order valence-corrected chi connectivity index (χ3v) is 3.01. The maximum Gasteiger partial charge on any atom is 0.137 e. The molecule has 0 aliphatic rings. The number of halogens is 1. The number of aryl methyl sites for hydroxylation is 1. The molecule has 0 aliphatic carbocycles. The molecule has 18 heavy (non-hydrogen) atoms. The highest BCUT2D eigenvalue weighted by atomic mass is 35.5. The molecule has 2 aromatic rings. The quantitative estimate of drug-likeness (QED) is 0.622. The molecule has 0 spiro atoms. The molecule has 0 fully saturated rings. The van der Waals surface area contributed by atoms with Crippen LogP contribution in [0.1, 0.15) is 24.7 Å². The first-order valence-electron chi connectivity index (χ1n) is 6.02. The number of anilines is 1. The second-order valence-corrected chi connectivity index (χ2v) is 4.27. The molecule has 0 bridgehead atoms. The summed E-state index contributed by atoms with van der Waals surface area (Å²) in [5.41, 5.74) is 0.970. The van der Waals surface area contributed by atoms with Gasteiger partial charge in [0.05, 0.1) is 0 Å². The highest BCUT2D eigenvalue weighted by molar-refractivity contribution is 6.30. The summed E-state index contributed by atoms with van der Waals surface area (Å²) < 4.78 is 0. The van der Waals surface area contributed by atoms with E-state index in [0.717, 1.165) is 43.0 Å². The van der Waals surface area contributed by atoms with Gasteiger partial charge in [-0.1, -0.05) is 18.5 Å². The molecular weight excluding hydrogens is 250 g/mol. The van der Waals surface area contributed by atoms with Crippen LogP contribution in [-0.4, -0.2) is 26.5 Å². The fourth-order valence-electron chi connectivity index (χ4n) is 1.75. The fraction of sp³-hybridized carbons (Fsp3) is 0.417. The molecule has 0 aromatic carbocycles. The lowest BCUT2D eigenvalue weighted by atomic mass is 10.2. The first-order valence-corrected chi connectivity index (χ1v) is 6.40. The molecule has 2 rings (SSSR count). The van der Waals surface area contributed by atoms with E-state index in [2.05, 4.69) is 25.3 Å². The van der Waals surface area contributed by atoms with E-state index in [4.69, 9.17) is 11.6 Å². The van der Waals surface area contributed by atoms with Crippen molar-refractivity contribution in [2.75, 3.05) is 11.9 Å².